The molecular formula is C13H17Cl2N3O2. The highest BCUT2D eigenvalue weighted by atomic mass is 35.5. The van der Waals surface area contributed by atoms with Crippen LogP contribution in [-0.4, -0.2) is 36.0 Å². The zero-order chi connectivity index (χ0) is 14.7. The zero-order valence-electron chi connectivity index (χ0n) is 11.2. The van der Waals surface area contributed by atoms with Gasteiger partial charge in [0, 0.05) is 25.2 Å². The smallest absolute Gasteiger partial charge is 0.272 e. The Morgan fingerprint density at radius 3 is 2.60 bits per heavy atom. The van der Waals surface area contributed by atoms with Crippen LogP contribution >= 0.6 is 23.2 Å². The highest BCUT2D eigenvalue weighted by molar-refractivity contribution is 6.39. The van der Waals surface area contributed by atoms with Gasteiger partial charge in [0.1, 0.15) is 0 Å². The fourth-order valence-electron chi connectivity index (χ4n) is 2.45. The molecule has 2 rings (SSSR count). The van der Waals surface area contributed by atoms with E-state index in [1.807, 2.05) is 0 Å². The van der Waals surface area contributed by atoms with E-state index in [4.69, 9.17) is 23.2 Å². The molecule has 0 aliphatic carbocycles. The van der Waals surface area contributed by atoms with E-state index in [1.54, 1.807) is 0 Å². The quantitative estimate of drug-likeness (QED) is 0.665. The number of nitrogens with one attached hydrogen (secondary N) is 1. The van der Waals surface area contributed by atoms with Gasteiger partial charge in [0.15, 0.2) is 0 Å². The summed E-state index contributed by atoms with van der Waals surface area (Å²) in [6, 6.07) is 2.64. The van der Waals surface area contributed by atoms with Crippen LogP contribution < -0.4 is 5.32 Å². The standard InChI is InChI=1S/C13H17Cl2N3O2/c1-2-17-4-3-9(8-17)7-16-13-11(14)5-10(18(19)20)6-12(13)15/h5-6,9,16H,2-4,7-8H2,1H3. The Hall–Kier alpha value is -1.04. The molecule has 1 N–H and O–H groups in total. The third-order valence-corrected chi connectivity index (χ3v) is 4.22. The number of nitro benzene ring substituents is 1. The van der Waals surface area contributed by atoms with Crippen LogP contribution in [0.3, 0.4) is 0 Å². The molecule has 7 heteroatoms. The second-order valence-electron chi connectivity index (χ2n) is 4.97. The van der Waals surface area contributed by atoms with E-state index in [-0.39, 0.29) is 15.7 Å². The SMILES string of the molecule is CCN1CCC(CNc2c(Cl)cc([N+](=O)[O-])cc2Cl)C1. The van der Waals surface area contributed by atoms with Gasteiger partial charge in [0.25, 0.3) is 5.69 Å². The molecule has 1 unspecified atom stereocenters. The Balaban J connectivity index is 2.01. The van der Waals surface area contributed by atoms with Crippen molar-refractivity contribution in [1.29, 1.82) is 0 Å². The van der Waals surface area contributed by atoms with Crippen LogP contribution in [0.5, 0.6) is 0 Å². The minimum Gasteiger partial charge on any atom is -0.382 e. The Bertz CT molecular complexity index is 487. The minimum atomic E-state index is -0.502. The van der Waals surface area contributed by atoms with Crippen LogP contribution in [0.2, 0.25) is 10.0 Å². The summed E-state index contributed by atoms with van der Waals surface area (Å²) in [7, 11) is 0. The van der Waals surface area contributed by atoms with E-state index in [9.17, 15) is 10.1 Å². The van der Waals surface area contributed by atoms with Gasteiger partial charge in [-0.2, -0.15) is 0 Å². The summed E-state index contributed by atoms with van der Waals surface area (Å²) < 4.78 is 0. The van der Waals surface area contributed by atoms with Gasteiger partial charge in [0.05, 0.1) is 20.7 Å². The Morgan fingerprint density at radius 2 is 2.10 bits per heavy atom. The molecule has 110 valence electrons. The number of hydrogen-bond donors (Lipinski definition) is 1. The van der Waals surface area contributed by atoms with E-state index >= 15 is 0 Å². The lowest BCUT2D eigenvalue weighted by Gasteiger charge is -2.15. The summed E-state index contributed by atoms with van der Waals surface area (Å²) in [5, 5.41) is 14.5. The third kappa shape index (κ3) is 3.53. The molecule has 20 heavy (non-hydrogen) atoms. The molecule has 0 radical (unpaired) electrons. The summed E-state index contributed by atoms with van der Waals surface area (Å²) >= 11 is 12.1. The lowest BCUT2D eigenvalue weighted by Crippen LogP contribution is -2.22. The van der Waals surface area contributed by atoms with Crippen LogP contribution in [0.15, 0.2) is 12.1 Å². The lowest BCUT2D eigenvalue weighted by atomic mass is 10.1. The lowest BCUT2D eigenvalue weighted by molar-refractivity contribution is -0.384. The van der Waals surface area contributed by atoms with E-state index in [2.05, 4.69) is 17.1 Å². The second kappa shape index (κ2) is 6.61. The number of likely N-dealkylation sites (tertiary alicyclic amines) is 1. The molecule has 1 atom stereocenters. The Labute approximate surface area is 128 Å². The number of nitro groups is 1. The van der Waals surface area contributed by atoms with E-state index in [0.29, 0.717) is 11.6 Å². The maximum absolute atomic E-state index is 10.7. The molecule has 1 heterocycles. The molecular weight excluding hydrogens is 301 g/mol. The highest BCUT2D eigenvalue weighted by Crippen LogP contribution is 2.35. The first kappa shape index (κ1) is 15.4. The number of benzene rings is 1. The predicted molar refractivity (Wildman–Crippen MR) is 81.8 cm³/mol. The van der Waals surface area contributed by atoms with Crippen molar-refractivity contribution < 1.29 is 4.92 Å². The molecule has 1 fully saturated rings. The molecule has 0 spiro atoms. The summed E-state index contributed by atoms with van der Waals surface area (Å²) in [5.74, 6) is 0.553. The fraction of sp³-hybridized carbons (Fsp3) is 0.538. The number of nitrogens with zero attached hydrogens (tertiary/aromatic N) is 2. The van der Waals surface area contributed by atoms with E-state index in [1.165, 1.54) is 12.1 Å². The molecule has 0 saturated carbocycles. The van der Waals surface area contributed by atoms with Crippen LogP contribution in [0.4, 0.5) is 11.4 Å². The van der Waals surface area contributed by atoms with Crippen molar-refractivity contribution in [3.05, 3.63) is 32.3 Å². The second-order valence-corrected chi connectivity index (χ2v) is 5.78. The molecule has 5 nitrogen and oxygen atoms in total. The van der Waals surface area contributed by atoms with Crippen molar-refractivity contribution in [3.8, 4) is 0 Å². The maximum Gasteiger partial charge on any atom is 0.272 e. The topological polar surface area (TPSA) is 58.4 Å². The maximum atomic E-state index is 10.7. The van der Waals surface area contributed by atoms with Crippen LogP contribution in [0.25, 0.3) is 0 Å². The van der Waals surface area contributed by atoms with Crippen molar-refractivity contribution in [2.24, 2.45) is 5.92 Å². The number of anilines is 1. The average Bonchev–Trinajstić information content (AvgIpc) is 2.85. The summed E-state index contributed by atoms with van der Waals surface area (Å²) in [4.78, 5) is 12.6. The largest absolute Gasteiger partial charge is 0.382 e. The predicted octanol–water partition coefficient (Wildman–Crippen LogP) is 3.66. The van der Waals surface area contributed by atoms with Crippen molar-refractivity contribution in [1.82, 2.24) is 4.90 Å². The van der Waals surface area contributed by atoms with Crippen LogP contribution in [0.1, 0.15) is 13.3 Å². The first-order valence-corrected chi connectivity index (χ1v) is 7.36. The number of rotatable bonds is 5. The average molecular weight is 318 g/mol. The van der Waals surface area contributed by atoms with E-state index < -0.39 is 4.92 Å². The van der Waals surface area contributed by atoms with Crippen molar-refractivity contribution >= 4 is 34.6 Å². The first-order valence-electron chi connectivity index (χ1n) is 6.61. The third-order valence-electron chi connectivity index (χ3n) is 3.62. The fourth-order valence-corrected chi connectivity index (χ4v) is 3.06. The molecule has 1 aliphatic rings. The van der Waals surface area contributed by atoms with Gasteiger partial charge in [-0.1, -0.05) is 30.1 Å². The Morgan fingerprint density at radius 1 is 1.45 bits per heavy atom. The molecule has 1 aromatic carbocycles. The molecule has 0 amide bonds. The van der Waals surface area contributed by atoms with E-state index in [0.717, 1.165) is 32.6 Å². The zero-order valence-corrected chi connectivity index (χ0v) is 12.7. The summed E-state index contributed by atoms with van der Waals surface area (Å²) in [6.45, 7) is 6.17. The van der Waals surface area contributed by atoms with Gasteiger partial charge in [0.2, 0.25) is 0 Å². The monoisotopic (exact) mass is 317 g/mol. The van der Waals surface area contributed by atoms with Gasteiger partial charge in [-0.25, -0.2) is 0 Å². The number of hydrogen-bond acceptors (Lipinski definition) is 4. The van der Waals surface area contributed by atoms with Crippen molar-refractivity contribution in [2.45, 2.75) is 13.3 Å². The molecule has 1 saturated heterocycles. The normalized spacial score (nSPS) is 19.2. The highest BCUT2D eigenvalue weighted by Gasteiger charge is 2.22. The molecule has 1 aliphatic heterocycles. The van der Waals surface area contributed by atoms with Crippen molar-refractivity contribution in [3.63, 3.8) is 0 Å². The number of non-ortho nitro benzene ring substituents is 1. The van der Waals surface area contributed by atoms with Gasteiger partial charge in [-0.15, -0.1) is 0 Å². The van der Waals surface area contributed by atoms with Crippen LogP contribution in [0, 0.1) is 16.0 Å². The molecule has 0 aromatic heterocycles. The van der Waals surface area contributed by atoms with Gasteiger partial charge in [-0.3, -0.25) is 10.1 Å². The van der Waals surface area contributed by atoms with Crippen LogP contribution in [-0.2, 0) is 0 Å². The summed E-state index contributed by atoms with van der Waals surface area (Å²) in [5.41, 5.74) is 0.484. The Kier molecular flexibility index (Phi) is 5.07. The van der Waals surface area contributed by atoms with Crippen molar-refractivity contribution in [2.75, 3.05) is 31.5 Å². The van der Waals surface area contributed by atoms with Gasteiger partial charge >= 0.3 is 0 Å². The number of halogens is 2. The van der Waals surface area contributed by atoms with Gasteiger partial charge < -0.3 is 10.2 Å². The molecule has 0 bridgehead atoms. The minimum absolute atomic E-state index is 0.0939. The summed E-state index contributed by atoms with van der Waals surface area (Å²) in [6.07, 6.45) is 1.14. The molecule has 1 aromatic rings. The van der Waals surface area contributed by atoms with Gasteiger partial charge in [-0.05, 0) is 25.4 Å². The first-order chi connectivity index (χ1) is 9.51.